The third kappa shape index (κ3) is 13.7. The largest absolute Gasteiger partial charge is 1.00 e. The fraction of sp³-hybridized carbons (Fsp3) is 0.812. The number of unbranched alkanes of at least 4 members (excludes halogenated alkanes) is 8. The summed E-state index contributed by atoms with van der Waals surface area (Å²) in [5.41, 5.74) is 0. The van der Waals surface area contributed by atoms with E-state index < -0.39 is 38.6 Å². The van der Waals surface area contributed by atoms with Crippen LogP contribution in [0.5, 0.6) is 0 Å². The van der Waals surface area contributed by atoms with Crippen molar-refractivity contribution in [3.63, 3.8) is 0 Å². The Labute approximate surface area is 200 Å². The molecule has 0 heterocycles. The number of carbonyl (C=O) groups excluding carboxylic acids is 3. The van der Waals surface area contributed by atoms with E-state index in [0.717, 1.165) is 25.7 Å². The molecule has 0 bridgehead atoms. The van der Waals surface area contributed by atoms with Crippen LogP contribution in [0.15, 0.2) is 0 Å². The van der Waals surface area contributed by atoms with E-state index in [4.69, 9.17) is 0 Å². The number of hydrogen-bond acceptors (Lipinski definition) is 7. The first-order valence-electron chi connectivity index (χ1n) is 8.40. The Morgan fingerprint density at radius 3 is 1.62 bits per heavy atom. The molecule has 10 heteroatoms. The van der Waals surface area contributed by atoms with Crippen molar-refractivity contribution >= 4 is 26.9 Å². The molecule has 0 saturated carbocycles. The molecule has 0 amide bonds. The molecule has 0 rings (SSSR count). The van der Waals surface area contributed by atoms with Gasteiger partial charge in [0.15, 0.2) is 0 Å². The summed E-state index contributed by atoms with van der Waals surface area (Å²) in [6.07, 6.45) is 7.17. The number of aliphatic carboxylic acids is 2. The average Bonchev–Trinajstić information content (AvgIpc) is 2.50. The van der Waals surface area contributed by atoms with Gasteiger partial charge in [0.1, 0.15) is 5.25 Å². The molecule has 0 saturated heterocycles. The number of carboxylic acids is 2. The van der Waals surface area contributed by atoms with Gasteiger partial charge in [-0.1, -0.05) is 58.3 Å². The van der Waals surface area contributed by atoms with Crippen molar-refractivity contribution in [3.8, 4) is 0 Å². The number of rotatable bonds is 14. The van der Waals surface area contributed by atoms with E-state index in [2.05, 4.69) is 6.92 Å². The van der Waals surface area contributed by atoms with Crippen LogP contribution >= 0.6 is 0 Å². The maximum absolute atomic E-state index is 11.8. The minimum absolute atomic E-state index is 0. The Bertz CT molecular complexity index is 521. The summed E-state index contributed by atoms with van der Waals surface area (Å²) in [5.74, 6) is -3.96. The molecule has 26 heavy (non-hydrogen) atoms. The predicted molar refractivity (Wildman–Crippen MR) is 84.2 cm³/mol. The Morgan fingerprint density at radius 2 is 1.23 bits per heavy atom. The van der Waals surface area contributed by atoms with E-state index in [0.29, 0.717) is 12.8 Å². The second-order valence-corrected chi connectivity index (χ2v) is 7.99. The van der Waals surface area contributed by atoms with E-state index in [1.807, 2.05) is 0 Å². The standard InChI is InChI=1S/C16H28O7S.2Na/c1-2-3-4-5-6-7-8-9-10-11-15(19)24(22,23)13(16(20)21)12-14(17)18;;/h13H,2-12H2,1H3,(H,17,18)(H,20,21);;/q;2*+1/p-2. The second-order valence-electron chi connectivity index (χ2n) is 5.88. The van der Waals surface area contributed by atoms with Gasteiger partial charge in [0.2, 0.25) is 15.0 Å². The van der Waals surface area contributed by atoms with Gasteiger partial charge in [0.05, 0.1) is 5.97 Å². The van der Waals surface area contributed by atoms with Crippen LogP contribution in [0.3, 0.4) is 0 Å². The van der Waals surface area contributed by atoms with E-state index in [9.17, 15) is 33.0 Å². The molecule has 0 aliphatic rings. The molecule has 1 atom stereocenters. The van der Waals surface area contributed by atoms with E-state index in [1.165, 1.54) is 19.3 Å². The molecular formula is C16H26Na2O7S. The van der Waals surface area contributed by atoms with E-state index in [1.54, 1.807) is 0 Å². The molecule has 0 spiro atoms. The zero-order chi connectivity index (χ0) is 18.6. The van der Waals surface area contributed by atoms with Crippen LogP contribution in [0.2, 0.25) is 0 Å². The van der Waals surface area contributed by atoms with Crippen LogP contribution < -0.4 is 69.3 Å². The van der Waals surface area contributed by atoms with E-state index >= 15 is 0 Å². The average molecular weight is 408 g/mol. The van der Waals surface area contributed by atoms with Crippen molar-refractivity contribution in [3.05, 3.63) is 0 Å². The Kier molecular flexibility index (Phi) is 21.2. The molecule has 0 aliphatic heterocycles. The first-order chi connectivity index (χ1) is 11.2. The third-order valence-electron chi connectivity index (χ3n) is 3.79. The molecular weight excluding hydrogens is 382 g/mol. The Morgan fingerprint density at radius 1 is 0.808 bits per heavy atom. The molecule has 0 aromatic carbocycles. The van der Waals surface area contributed by atoms with Gasteiger partial charge >= 0.3 is 59.1 Å². The van der Waals surface area contributed by atoms with E-state index in [-0.39, 0.29) is 65.5 Å². The smallest absolute Gasteiger partial charge is 0.550 e. The molecule has 0 aromatic rings. The van der Waals surface area contributed by atoms with Gasteiger partial charge in [-0.15, -0.1) is 0 Å². The van der Waals surface area contributed by atoms with Gasteiger partial charge in [-0.2, -0.15) is 0 Å². The zero-order valence-electron chi connectivity index (χ0n) is 16.1. The topological polar surface area (TPSA) is 131 Å². The van der Waals surface area contributed by atoms with Crippen LogP contribution in [0.1, 0.15) is 77.6 Å². The number of carboxylic acid groups (broad SMARTS) is 2. The van der Waals surface area contributed by atoms with Crippen LogP contribution in [0.4, 0.5) is 0 Å². The molecule has 7 nitrogen and oxygen atoms in total. The maximum Gasteiger partial charge on any atom is 1.00 e. The SMILES string of the molecule is CCCCCCCCCCCC(=O)S(=O)(=O)C(CC(=O)[O-])C(=O)[O-].[Na+].[Na+]. The first-order valence-corrected chi connectivity index (χ1v) is 9.95. The summed E-state index contributed by atoms with van der Waals surface area (Å²) >= 11 is 0. The second kappa shape index (κ2) is 17.6. The zero-order valence-corrected chi connectivity index (χ0v) is 20.9. The van der Waals surface area contributed by atoms with Crippen molar-refractivity contribution in [2.24, 2.45) is 0 Å². The first kappa shape index (κ1) is 31.3. The molecule has 0 radical (unpaired) electrons. The minimum Gasteiger partial charge on any atom is -0.550 e. The summed E-state index contributed by atoms with van der Waals surface area (Å²) in [7, 11) is -4.72. The number of carbonyl (C=O) groups is 3. The van der Waals surface area contributed by atoms with Crippen LogP contribution in [0.25, 0.3) is 0 Å². The quantitative estimate of drug-likeness (QED) is 0.207. The summed E-state index contributed by atoms with van der Waals surface area (Å²) in [5, 5.41) is 17.6. The van der Waals surface area contributed by atoms with Crippen LogP contribution in [-0.4, -0.2) is 30.7 Å². The fourth-order valence-corrected chi connectivity index (χ4v) is 3.71. The van der Waals surface area contributed by atoms with Crippen molar-refractivity contribution in [2.75, 3.05) is 0 Å². The van der Waals surface area contributed by atoms with Crippen LogP contribution in [0, 0.1) is 0 Å². The van der Waals surface area contributed by atoms with Crippen molar-refractivity contribution in [2.45, 2.75) is 82.8 Å². The van der Waals surface area contributed by atoms with Crippen molar-refractivity contribution in [1.82, 2.24) is 0 Å². The summed E-state index contributed by atoms with van der Waals surface area (Å²) in [6.45, 7) is 2.14. The third-order valence-corrected chi connectivity index (χ3v) is 5.74. The van der Waals surface area contributed by atoms with Gasteiger partial charge in [0.25, 0.3) is 0 Å². The minimum atomic E-state index is -4.72. The molecule has 0 aliphatic carbocycles. The van der Waals surface area contributed by atoms with Gasteiger partial charge in [0, 0.05) is 18.8 Å². The van der Waals surface area contributed by atoms with Crippen molar-refractivity contribution in [1.29, 1.82) is 0 Å². The fourth-order valence-electron chi connectivity index (χ4n) is 2.35. The molecule has 1 unspecified atom stereocenters. The normalized spacial score (nSPS) is 11.7. The molecule has 140 valence electrons. The Balaban J connectivity index is -0.00000264. The van der Waals surface area contributed by atoms with Crippen molar-refractivity contribution < 1.29 is 92.1 Å². The number of hydrogen-bond donors (Lipinski definition) is 0. The van der Waals surface area contributed by atoms with Gasteiger partial charge in [-0.25, -0.2) is 8.42 Å². The van der Waals surface area contributed by atoms with Crippen LogP contribution in [-0.2, 0) is 24.2 Å². The summed E-state index contributed by atoms with van der Waals surface area (Å²) < 4.78 is 23.6. The maximum atomic E-state index is 11.8. The molecule has 0 N–H and O–H groups in total. The van der Waals surface area contributed by atoms with Gasteiger partial charge < -0.3 is 19.8 Å². The monoisotopic (exact) mass is 408 g/mol. The molecule has 0 fully saturated rings. The molecule has 0 aromatic heterocycles. The van der Waals surface area contributed by atoms with Gasteiger partial charge in [-0.3, -0.25) is 4.79 Å². The summed E-state index contributed by atoms with van der Waals surface area (Å²) in [4.78, 5) is 32.9. The van der Waals surface area contributed by atoms with Gasteiger partial charge in [-0.05, 0) is 6.42 Å². The summed E-state index contributed by atoms with van der Waals surface area (Å²) in [6, 6.07) is 0. The predicted octanol–water partition coefficient (Wildman–Crippen LogP) is -5.88. The number of sulfone groups is 1. The Hall–Kier alpha value is 0.560.